The number of carbonyl (C=O) groups excluding carboxylic acids is 1. The van der Waals surface area contributed by atoms with Crippen molar-refractivity contribution in [3.63, 3.8) is 0 Å². The summed E-state index contributed by atoms with van der Waals surface area (Å²) in [6.45, 7) is 3.90. The van der Waals surface area contributed by atoms with E-state index in [1.54, 1.807) is 25.1 Å². The van der Waals surface area contributed by atoms with E-state index in [2.05, 4.69) is 20.4 Å². The number of alkyl halides is 2. The molecule has 1 unspecified atom stereocenters. The van der Waals surface area contributed by atoms with E-state index in [-0.39, 0.29) is 17.8 Å². The highest BCUT2D eigenvalue weighted by Gasteiger charge is 2.26. The summed E-state index contributed by atoms with van der Waals surface area (Å²) in [4.78, 5) is 17.9. The van der Waals surface area contributed by atoms with Crippen LogP contribution >= 0.6 is 0 Å². The van der Waals surface area contributed by atoms with Gasteiger partial charge in [-0.3, -0.25) is 9.79 Å². The fraction of sp³-hybridized carbons (Fsp3) is 0.600. The molecule has 0 aliphatic carbocycles. The van der Waals surface area contributed by atoms with Crippen LogP contribution in [0, 0.1) is 0 Å². The lowest BCUT2D eigenvalue weighted by Crippen LogP contribution is -2.44. The van der Waals surface area contributed by atoms with Gasteiger partial charge in [0.25, 0.3) is 0 Å². The molecule has 2 N–H and O–H groups in total. The summed E-state index contributed by atoms with van der Waals surface area (Å²) >= 11 is 0. The summed E-state index contributed by atoms with van der Waals surface area (Å²) in [7, 11) is 0. The van der Waals surface area contributed by atoms with Crippen LogP contribution in [0.1, 0.15) is 33.1 Å². The number of halogens is 2. The zero-order valence-corrected chi connectivity index (χ0v) is 17.0. The Labute approximate surface area is 170 Å². The van der Waals surface area contributed by atoms with Crippen molar-refractivity contribution >= 4 is 17.6 Å². The lowest BCUT2D eigenvalue weighted by atomic mass is 10.2. The number of rotatable bonds is 10. The van der Waals surface area contributed by atoms with Crippen LogP contribution in [-0.2, 0) is 9.53 Å². The normalized spacial score (nSPS) is 16.8. The first-order valence-electron chi connectivity index (χ1n) is 10.0. The Hall–Kier alpha value is -2.58. The van der Waals surface area contributed by atoms with Gasteiger partial charge in [-0.1, -0.05) is 12.1 Å². The monoisotopic (exact) mass is 412 g/mol. The van der Waals surface area contributed by atoms with Crippen molar-refractivity contribution in [1.29, 1.82) is 0 Å². The van der Waals surface area contributed by atoms with Crippen molar-refractivity contribution in [2.24, 2.45) is 4.99 Å². The van der Waals surface area contributed by atoms with Gasteiger partial charge in [0.1, 0.15) is 5.75 Å². The van der Waals surface area contributed by atoms with Crippen LogP contribution in [-0.4, -0.2) is 57.4 Å². The van der Waals surface area contributed by atoms with E-state index in [1.807, 2.05) is 17.9 Å². The van der Waals surface area contributed by atoms with Gasteiger partial charge in [0.2, 0.25) is 0 Å². The van der Waals surface area contributed by atoms with Crippen LogP contribution in [0.5, 0.6) is 5.75 Å². The second kappa shape index (κ2) is 12.1. The molecule has 1 aromatic rings. The minimum absolute atomic E-state index is 0.123. The molecule has 7 nitrogen and oxygen atoms in total. The molecule has 1 aliphatic rings. The van der Waals surface area contributed by atoms with Gasteiger partial charge in [0.05, 0.1) is 12.3 Å². The van der Waals surface area contributed by atoms with Gasteiger partial charge in [-0.15, -0.1) is 0 Å². The van der Waals surface area contributed by atoms with Crippen LogP contribution in [0.2, 0.25) is 0 Å². The molecule has 1 aromatic carbocycles. The second-order valence-corrected chi connectivity index (χ2v) is 6.59. The Morgan fingerprint density at radius 3 is 2.86 bits per heavy atom. The van der Waals surface area contributed by atoms with Crippen LogP contribution in [0.15, 0.2) is 29.3 Å². The highest BCUT2D eigenvalue weighted by Crippen LogP contribution is 2.31. The maximum atomic E-state index is 12.7. The van der Waals surface area contributed by atoms with Crippen LogP contribution < -0.4 is 20.3 Å². The fourth-order valence-electron chi connectivity index (χ4n) is 3.17. The van der Waals surface area contributed by atoms with Gasteiger partial charge >= 0.3 is 12.6 Å². The quantitative estimate of drug-likeness (QED) is 0.266. The summed E-state index contributed by atoms with van der Waals surface area (Å²) in [5.41, 5.74) is 0.661. The van der Waals surface area contributed by atoms with E-state index < -0.39 is 6.61 Å². The molecule has 0 bridgehead atoms. The van der Waals surface area contributed by atoms with Gasteiger partial charge in [-0.05, 0) is 38.8 Å². The van der Waals surface area contributed by atoms with Crippen LogP contribution in [0.4, 0.5) is 14.5 Å². The Kier molecular flexibility index (Phi) is 9.46. The maximum absolute atomic E-state index is 12.7. The van der Waals surface area contributed by atoms with Crippen molar-refractivity contribution in [1.82, 2.24) is 10.6 Å². The number of hydrogen-bond donors (Lipinski definition) is 2. The predicted molar refractivity (Wildman–Crippen MR) is 109 cm³/mol. The third kappa shape index (κ3) is 7.75. The summed E-state index contributed by atoms with van der Waals surface area (Å²) < 4.78 is 34.9. The molecule has 0 amide bonds. The smallest absolute Gasteiger partial charge is 0.387 e. The van der Waals surface area contributed by atoms with Crippen molar-refractivity contribution < 1.29 is 23.0 Å². The number of guanidine groups is 1. The van der Waals surface area contributed by atoms with Crippen molar-refractivity contribution in [3.05, 3.63) is 24.3 Å². The number of para-hydroxylation sites is 2. The molecule has 1 aliphatic heterocycles. The van der Waals surface area contributed by atoms with E-state index in [0.717, 1.165) is 13.0 Å². The molecule has 0 saturated carbocycles. The number of nitrogens with zero attached hydrogens (tertiary/aromatic N) is 2. The standard InChI is InChI=1S/C20H30F2N4O3/c1-3-23-20(24-12-7-10-18(27)28-4-2)25-15-11-13-26(14-15)16-8-5-6-9-17(16)29-19(21)22/h5-6,8-9,15,19H,3-4,7,10-14H2,1-2H3,(H2,23,24,25). The maximum Gasteiger partial charge on any atom is 0.387 e. The molecule has 1 saturated heterocycles. The third-order valence-corrected chi connectivity index (χ3v) is 4.41. The van der Waals surface area contributed by atoms with Gasteiger partial charge in [0, 0.05) is 38.6 Å². The first-order chi connectivity index (χ1) is 14.0. The zero-order valence-electron chi connectivity index (χ0n) is 17.0. The molecule has 1 fully saturated rings. The minimum Gasteiger partial charge on any atom is -0.466 e. The first kappa shape index (κ1) is 22.7. The summed E-state index contributed by atoms with van der Waals surface area (Å²) in [6, 6.07) is 6.95. The van der Waals surface area contributed by atoms with Gasteiger partial charge < -0.3 is 25.0 Å². The van der Waals surface area contributed by atoms with Crippen molar-refractivity contribution in [2.75, 3.05) is 37.7 Å². The molecule has 1 heterocycles. The van der Waals surface area contributed by atoms with Gasteiger partial charge in [-0.2, -0.15) is 8.78 Å². The Bertz CT molecular complexity index is 673. The summed E-state index contributed by atoms with van der Waals surface area (Å²) in [6.07, 6.45) is 1.80. The zero-order chi connectivity index (χ0) is 21.1. The number of nitrogens with one attached hydrogen (secondary N) is 2. The largest absolute Gasteiger partial charge is 0.466 e. The lowest BCUT2D eigenvalue weighted by molar-refractivity contribution is -0.143. The Balaban J connectivity index is 1.89. The number of esters is 1. The highest BCUT2D eigenvalue weighted by atomic mass is 19.3. The molecular formula is C20H30F2N4O3. The molecule has 1 atom stereocenters. The average molecular weight is 412 g/mol. The number of carbonyl (C=O) groups is 1. The Morgan fingerprint density at radius 1 is 1.34 bits per heavy atom. The van der Waals surface area contributed by atoms with Gasteiger partial charge in [-0.25, -0.2) is 0 Å². The van der Waals surface area contributed by atoms with E-state index in [0.29, 0.717) is 50.7 Å². The summed E-state index contributed by atoms with van der Waals surface area (Å²) in [5, 5.41) is 6.58. The number of anilines is 1. The minimum atomic E-state index is -2.85. The molecule has 0 radical (unpaired) electrons. The number of aliphatic imine (C=N–C) groups is 1. The highest BCUT2D eigenvalue weighted by molar-refractivity contribution is 5.80. The molecule has 162 valence electrons. The van der Waals surface area contributed by atoms with E-state index in [4.69, 9.17) is 4.74 Å². The molecular weight excluding hydrogens is 382 g/mol. The third-order valence-electron chi connectivity index (χ3n) is 4.41. The van der Waals surface area contributed by atoms with Crippen molar-refractivity contribution in [3.8, 4) is 5.75 Å². The van der Waals surface area contributed by atoms with E-state index in [9.17, 15) is 13.6 Å². The van der Waals surface area contributed by atoms with Crippen LogP contribution in [0.3, 0.4) is 0 Å². The van der Waals surface area contributed by atoms with Crippen LogP contribution in [0.25, 0.3) is 0 Å². The predicted octanol–water partition coefficient (Wildman–Crippen LogP) is 2.77. The first-order valence-corrected chi connectivity index (χ1v) is 10.0. The van der Waals surface area contributed by atoms with Gasteiger partial charge in [0.15, 0.2) is 5.96 Å². The lowest BCUT2D eigenvalue weighted by Gasteiger charge is -2.22. The topological polar surface area (TPSA) is 75.2 Å². The number of benzene rings is 1. The van der Waals surface area contributed by atoms with Crippen molar-refractivity contribution in [2.45, 2.75) is 45.8 Å². The number of ether oxygens (including phenoxy) is 2. The fourth-order valence-corrected chi connectivity index (χ4v) is 3.17. The second-order valence-electron chi connectivity index (χ2n) is 6.59. The van der Waals surface area contributed by atoms with E-state index >= 15 is 0 Å². The molecule has 29 heavy (non-hydrogen) atoms. The molecule has 0 spiro atoms. The molecule has 0 aromatic heterocycles. The molecule has 9 heteroatoms. The average Bonchev–Trinajstić information content (AvgIpc) is 3.14. The molecule has 2 rings (SSSR count). The Morgan fingerprint density at radius 2 is 2.14 bits per heavy atom. The summed E-state index contributed by atoms with van der Waals surface area (Å²) in [5.74, 6) is 0.653. The van der Waals surface area contributed by atoms with E-state index in [1.165, 1.54) is 0 Å². The SMILES string of the molecule is CCNC(=NCCCC(=O)OCC)NC1CCN(c2ccccc2OC(F)F)C1. The number of hydrogen-bond acceptors (Lipinski definition) is 5.